The molecule has 0 bridgehead atoms. The molecule has 4 aromatic rings. The first kappa shape index (κ1) is 44.6. The molecule has 15 heteroatoms. The van der Waals surface area contributed by atoms with Gasteiger partial charge >= 0.3 is 0 Å². The number of benzene rings is 4. The Labute approximate surface area is 353 Å². The number of nitrogens with one attached hydrogen (secondary N) is 3. The molecule has 60 heavy (non-hydrogen) atoms. The lowest BCUT2D eigenvalue weighted by atomic mass is 9.98. The van der Waals surface area contributed by atoms with Gasteiger partial charge in [0.25, 0.3) is 11.8 Å². The fourth-order valence-corrected chi connectivity index (χ4v) is 6.61. The Morgan fingerprint density at radius 1 is 0.733 bits per heavy atom. The number of morpholine rings is 2. The minimum Gasteiger partial charge on any atom is -0.508 e. The fraction of sp³-hybridized carbons (Fsp3) is 0.244. The van der Waals surface area contributed by atoms with E-state index in [1.165, 1.54) is 6.08 Å². The van der Waals surface area contributed by atoms with Gasteiger partial charge in [0.15, 0.2) is 6.10 Å². The number of fused-ring (bicyclic) bond motifs is 2. The van der Waals surface area contributed by atoms with E-state index in [0.717, 1.165) is 62.8 Å². The number of aromatic hydroxyl groups is 2. The second kappa shape index (κ2) is 21.0. The van der Waals surface area contributed by atoms with Crippen LogP contribution >= 0.6 is 11.6 Å². The number of aliphatic imine (C=N–C) groups is 2. The van der Waals surface area contributed by atoms with Gasteiger partial charge in [-0.05, 0) is 106 Å². The first-order valence-electron chi connectivity index (χ1n) is 18.7. The van der Waals surface area contributed by atoms with Gasteiger partial charge in [0.05, 0.1) is 44.2 Å². The molecule has 0 unspecified atom stereocenters. The van der Waals surface area contributed by atoms with Crippen molar-refractivity contribution in [2.45, 2.75) is 32.7 Å². The molecule has 4 aromatic carbocycles. The highest BCUT2D eigenvalue weighted by Gasteiger charge is 2.29. The van der Waals surface area contributed by atoms with Crippen molar-refractivity contribution in [1.29, 1.82) is 0 Å². The molecule has 4 aliphatic heterocycles. The third kappa shape index (κ3) is 11.4. The van der Waals surface area contributed by atoms with E-state index in [9.17, 15) is 29.4 Å². The van der Waals surface area contributed by atoms with Crippen molar-refractivity contribution in [1.82, 2.24) is 10.2 Å². The maximum absolute atomic E-state index is 12.8. The summed E-state index contributed by atoms with van der Waals surface area (Å²) >= 11 is 4.71. The molecule has 0 aliphatic carbocycles. The number of phenols is 2. The highest BCUT2D eigenvalue weighted by atomic mass is 35.5. The minimum absolute atomic E-state index is 0. The topological polar surface area (TPSA) is 191 Å². The number of anilines is 2. The van der Waals surface area contributed by atoms with Crippen molar-refractivity contribution >= 4 is 58.4 Å². The Hall–Kier alpha value is -6.45. The van der Waals surface area contributed by atoms with Gasteiger partial charge in [-0.15, -0.1) is 0 Å². The smallest absolute Gasteiger partial charge is 0.255 e. The van der Waals surface area contributed by atoms with Crippen LogP contribution in [0.2, 0.25) is 0 Å². The molecule has 0 saturated carbocycles. The minimum atomic E-state index is -0.751. The monoisotopic (exact) mass is 834 g/mol. The molecule has 5 N–H and O–H groups in total. The Kier molecular flexibility index (Phi) is 15.6. The Balaban J connectivity index is 0.000000203. The molecule has 0 spiro atoms. The molecule has 0 aromatic heterocycles. The van der Waals surface area contributed by atoms with Crippen LogP contribution in [0, 0.1) is 0 Å². The van der Waals surface area contributed by atoms with Crippen molar-refractivity contribution < 1.29 is 38.9 Å². The van der Waals surface area contributed by atoms with E-state index in [0.29, 0.717) is 45.1 Å². The lowest BCUT2D eigenvalue weighted by Crippen LogP contribution is -2.49. The number of nitrogens with zero attached hydrogens (tertiary/aromatic N) is 3. The van der Waals surface area contributed by atoms with Gasteiger partial charge in [-0.1, -0.05) is 44.8 Å². The first-order valence-corrected chi connectivity index (χ1v) is 19.1. The summed E-state index contributed by atoms with van der Waals surface area (Å²) in [5.41, 5.74) is 9.06. The molecule has 3 amide bonds. The van der Waals surface area contributed by atoms with Crippen molar-refractivity contribution in [3.8, 4) is 33.8 Å². The normalized spacial score (nSPS) is 16.9. The quantitative estimate of drug-likeness (QED) is 0.107. The summed E-state index contributed by atoms with van der Waals surface area (Å²) in [6, 6.07) is 21.8. The maximum Gasteiger partial charge on any atom is 0.255 e. The number of carbonyl (C=O) groups excluding carboxylic acids is 4. The van der Waals surface area contributed by atoms with Crippen LogP contribution in [0.25, 0.3) is 22.3 Å². The van der Waals surface area contributed by atoms with E-state index in [1.807, 2.05) is 42.5 Å². The number of carbonyl (C=O) groups is 4. The second-order valence-corrected chi connectivity index (χ2v) is 14.0. The zero-order valence-electron chi connectivity index (χ0n) is 32.0. The van der Waals surface area contributed by atoms with E-state index >= 15 is 0 Å². The van der Waals surface area contributed by atoms with Gasteiger partial charge < -0.3 is 40.5 Å². The largest absolute Gasteiger partial charge is 0.508 e. The van der Waals surface area contributed by atoms with E-state index in [1.54, 1.807) is 41.6 Å². The van der Waals surface area contributed by atoms with Crippen LogP contribution in [0.4, 0.5) is 11.4 Å². The number of hydrogen-bond acceptors (Lipinski definition) is 11. The number of hydrogen-bond donors (Lipinski definition) is 5. The van der Waals surface area contributed by atoms with Crippen LogP contribution in [0.15, 0.2) is 108 Å². The lowest BCUT2D eigenvalue weighted by Gasteiger charge is -2.31. The number of ether oxygens (including phenoxy) is 2. The predicted molar refractivity (Wildman–Crippen MR) is 234 cm³/mol. The van der Waals surface area contributed by atoms with E-state index in [2.05, 4.69) is 45.2 Å². The summed E-state index contributed by atoms with van der Waals surface area (Å²) in [6.07, 6.45) is 4.59. The molecule has 14 nitrogen and oxygen atoms in total. The molecule has 4 aliphatic rings. The standard InChI is InChI=1S/C22H21N3O4.C19H19N3O3.C3H3ClO.CH4/c1-2-21(27)25-7-8-29-20(13-25)22(28)24-19-10-15(9-16-11-23-12-18(16)19)14-3-5-17(26)6-4-14;23-15-3-1-12(2-4-15)13-7-14-9-21-10-16(14)17(8-13)22-19(24)18-11-20-5-6-25-18;1-2-3(4)5;/h2-6,9-10,12,20,26H,1,7-8,11,13H2,(H,24,28);1-4,7-8,10,18,20,23H,5-6,9,11H2,(H,22,24);2H,1H2;1H4/t20-;18-;;/m11../s1. The average molecular weight is 835 g/mol. The average Bonchev–Trinajstić information content (AvgIpc) is 3.95. The summed E-state index contributed by atoms with van der Waals surface area (Å²) in [5.74, 6) is -0.258. The Morgan fingerprint density at radius 3 is 1.67 bits per heavy atom. The lowest BCUT2D eigenvalue weighted by molar-refractivity contribution is -0.141. The summed E-state index contributed by atoms with van der Waals surface area (Å²) in [6.45, 7) is 10.5. The van der Waals surface area contributed by atoms with Gasteiger partial charge in [-0.2, -0.15) is 0 Å². The summed E-state index contributed by atoms with van der Waals surface area (Å²) < 4.78 is 11.1. The van der Waals surface area contributed by atoms with Crippen molar-refractivity contribution in [3.05, 3.63) is 120 Å². The second-order valence-electron chi connectivity index (χ2n) is 13.6. The SMILES string of the molecule is C.C=CC(=O)Cl.C=CC(=O)N1CCO[C@@H](C(=O)Nc2cc(-c3ccc(O)cc3)cc3c2C=NC3)C1.O=C(Nc1cc(-c2ccc(O)cc2)cc2c1C=NC2)[C@H]1CNCCO1. The highest BCUT2D eigenvalue weighted by Crippen LogP contribution is 2.33. The van der Waals surface area contributed by atoms with Crippen LogP contribution in [0.3, 0.4) is 0 Å². The van der Waals surface area contributed by atoms with Gasteiger partial charge in [0.1, 0.15) is 17.6 Å². The fourth-order valence-electron chi connectivity index (χ4n) is 6.61. The van der Waals surface area contributed by atoms with Gasteiger partial charge in [-0.25, -0.2) is 0 Å². The van der Waals surface area contributed by atoms with E-state index < -0.39 is 17.5 Å². The first-order chi connectivity index (χ1) is 28.5. The van der Waals surface area contributed by atoms with Crippen molar-refractivity contribution in [2.75, 3.05) is 50.0 Å². The summed E-state index contributed by atoms with van der Waals surface area (Å²) in [4.78, 5) is 56.9. The number of allylic oxidation sites excluding steroid dienone is 1. The van der Waals surface area contributed by atoms with Crippen LogP contribution in [0.1, 0.15) is 29.7 Å². The summed E-state index contributed by atoms with van der Waals surface area (Å²) in [5, 5.41) is 27.6. The third-order valence-corrected chi connectivity index (χ3v) is 9.79. The van der Waals surface area contributed by atoms with Crippen LogP contribution < -0.4 is 16.0 Å². The van der Waals surface area contributed by atoms with E-state index in [-0.39, 0.29) is 43.2 Å². The Bertz CT molecular complexity index is 2290. The molecular formula is C45H47ClN6O8. The molecule has 4 heterocycles. The highest BCUT2D eigenvalue weighted by molar-refractivity contribution is 6.66. The van der Waals surface area contributed by atoms with Gasteiger partial charge in [0, 0.05) is 43.2 Å². The maximum atomic E-state index is 12.8. The van der Waals surface area contributed by atoms with Crippen molar-refractivity contribution in [3.63, 3.8) is 0 Å². The molecule has 8 rings (SSSR count). The molecular weight excluding hydrogens is 788 g/mol. The predicted octanol–water partition coefficient (Wildman–Crippen LogP) is 5.84. The van der Waals surface area contributed by atoms with Crippen LogP contribution in [0.5, 0.6) is 11.5 Å². The van der Waals surface area contributed by atoms with Gasteiger partial charge in [0.2, 0.25) is 11.1 Å². The molecule has 2 saturated heterocycles. The third-order valence-electron chi connectivity index (χ3n) is 9.64. The Morgan fingerprint density at radius 2 is 1.22 bits per heavy atom. The summed E-state index contributed by atoms with van der Waals surface area (Å²) in [7, 11) is 0. The number of amides is 3. The van der Waals surface area contributed by atoms with Crippen molar-refractivity contribution in [2.24, 2.45) is 9.98 Å². The number of rotatable bonds is 8. The number of phenolic OH excluding ortho intramolecular Hbond substituents is 2. The van der Waals surface area contributed by atoms with Crippen LogP contribution in [-0.4, -0.2) is 102 Å². The number of halogens is 1. The van der Waals surface area contributed by atoms with Crippen LogP contribution in [-0.2, 0) is 41.7 Å². The molecule has 0 radical (unpaired) electrons. The van der Waals surface area contributed by atoms with E-state index in [4.69, 9.17) is 21.1 Å². The zero-order valence-corrected chi connectivity index (χ0v) is 32.8. The molecule has 312 valence electrons. The molecule has 2 fully saturated rings. The van der Waals surface area contributed by atoms with Gasteiger partial charge in [-0.3, -0.25) is 29.2 Å². The zero-order chi connectivity index (χ0) is 41.9. The molecule has 2 atom stereocenters.